The van der Waals surface area contributed by atoms with E-state index >= 15 is 0 Å². The number of carboxylic acids is 1. The molecule has 0 aliphatic heterocycles. The summed E-state index contributed by atoms with van der Waals surface area (Å²) in [4.78, 5) is 11.7. The van der Waals surface area contributed by atoms with E-state index in [1.807, 2.05) is 63.2 Å². The fraction of sp³-hybridized carbons (Fsp3) is 0.235. The molecule has 0 radical (unpaired) electrons. The van der Waals surface area contributed by atoms with Gasteiger partial charge in [-0.15, -0.1) is 0 Å². The van der Waals surface area contributed by atoms with Crippen molar-refractivity contribution < 1.29 is 9.90 Å². The van der Waals surface area contributed by atoms with E-state index in [9.17, 15) is 9.90 Å². The van der Waals surface area contributed by atoms with Gasteiger partial charge in [0.25, 0.3) is 0 Å². The summed E-state index contributed by atoms with van der Waals surface area (Å²) >= 11 is 0. The molecule has 0 aliphatic rings. The molecule has 98 valence electrons. The van der Waals surface area contributed by atoms with Crippen molar-refractivity contribution in [3.63, 3.8) is 0 Å². The molecular weight excluding hydrogens is 236 g/mol. The molecule has 0 saturated carbocycles. The zero-order chi connectivity index (χ0) is 14.0. The molecule has 2 rings (SSSR count). The van der Waals surface area contributed by atoms with Crippen molar-refractivity contribution >= 4 is 5.97 Å². The zero-order valence-corrected chi connectivity index (χ0v) is 11.5. The highest BCUT2D eigenvalue weighted by atomic mass is 16.4. The summed E-state index contributed by atoms with van der Waals surface area (Å²) in [5, 5.41) is 9.60. The Balaban J connectivity index is 2.62. The van der Waals surface area contributed by atoms with E-state index in [1.165, 1.54) is 0 Å². The molecule has 0 bridgehead atoms. The van der Waals surface area contributed by atoms with E-state index in [4.69, 9.17) is 0 Å². The van der Waals surface area contributed by atoms with Crippen LogP contribution in [0.25, 0.3) is 0 Å². The van der Waals surface area contributed by atoms with E-state index in [2.05, 4.69) is 0 Å². The number of aliphatic carboxylic acids is 1. The van der Waals surface area contributed by atoms with Gasteiger partial charge >= 0.3 is 5.97 Å². The van der Waals surface area contributed by atoms with Crippen LogP contribution in [-0.2, 0) is 4.79 Å². The van der Waals surface area contributed by atoms with E-state index in [0.29, 0.717) is 0 Å². The van der Waals surface area contributed by atoms with Gasteiger partial charge < -0.3 is 5.11 Å². The van der Waals surface area contributed by atoms with Crippen LogP contribution in [0.3, 0.4) is 0 Å². The van der Waals surface area contributed by atoms with Gasteiger partial charge in [-0.1, -0.05) is 48.0 Å². The first-order valence-electron chi connectivity index (χ1n) is 6.36. The summed E-state index contributed by atoms with van der Waals surface area (Å²) in [5.74, 6) is -1.40. The molecule has 2 aromatic rings. The molecule has 0 amide bonds. The van der Waals surface area contributed by atoms with Crippen LogP contribution in [0.15, 0.2) is 42.5 Å². The van der Waals surface area contributed by atoms with E-state index in [-0.39, 0.29) is 0 Å². The zero-order valence-electron chi connectivity index (χ0n) is 11.5. The lowest BCUT2D eigenvalue weighted by molar-refractivity contribution is -0.137. The van der Waals surface area contributed by atoms with Crippen LogP contribution in [0.2, 0.25) is 0 Å². The standard InChI is InChI=1S/C17H18O2/c1-11-9-12(2)15(13(3)10-11)16(17(18)19)14-7-5-4-6-8-14/h4-10,16H,1-3H3,(H,18,19)/t16-/m0/s1. The SMILES string of the molecule is Cc1cc(C)c([C@@H](C(=O)O)c2ccccc2)c(C)c1. The minimum absolute atomic E-state index is 0.596. The number of aryl methyl sites for hydroxylation is 3. The van der Waals surface area contributed by atoms with Gasteiger partial charge in [-0.3, -0.25) is 4.79 Å². The highest BCUT2D eigenvalue weighted by Crippen LogP contribution is 2.31. The van der Waals surface area contributed by atoms with E-state index < -0.39 is 11.9 Å². The third-order valence-corrected chi connectivity index (χ3v) is 3.41. The lowest BCUT2D eigenvalue weighted by Gasteiger charge is -2.19. The predicted molar refractivity (Wildman–Crippen MR) is 76.6 cm³/mol. The van der Waals surface area contributed by atoms with Crippen LogP contribution < -0.4 is 0 Å². The maximum Gasteiger partial charge on any atom is 0.315 e. The van der Waals surface area contributed by atoms with Gasteiger partial charge in [-0.05, 0) is 43.0 Å². The summed E-state index contributed by atoms with van der Waals surface area (Å²) < 4.78 is 0. The number of benzene rings is 2. The van der Waals surface area contributed by atoms with E-state index in [0.717, 1.165) is 27.8 Å². The third-order valence-electron chi connectivity index (χ3n) is 3.41. The normalized spacial score (nSPS) is 12.2. The molecule has 0 heterocycles. The van der Waals surface area contributed by atoms with E-state index in [1.54, 1.807) is 0 Å². The number of rotatable bonds is 3. The Kier molecular flexibility index (Phi) is 3.70. The van der Waals surface area contributed by atoms with Gasteiger partial charge in [-0.2, -0.15) is 0 Å². The smallest absolute Gasteiger partial charge is 0.315 e. The molecule has 2 heteroatoms. The minimum atomic E-state index is -0.804. The van der Waals surface area contributed by atoms with Crippen molar-refractivity contribution in [2.24, 2.45) is 0 Å². The lowest BCUT2D eigenvalue weighted by Crippen LogP contribution is -2.15. The highest BCUT2D eigenvalue weighted by molar-refractivity contribution is 5.81. The summed E-state index contributed by atoms with van der Waals surface area (Å²) in [6, 6.07) is 13.5. The van der Waals surface area contributed by atoms with Crippen LogP contribution in [0, 0.1) is 20.8 Å². The molecule has 1 atom stereocenters. The summed E-state index contributed by atoms with van der Waals surface area (Å²) in [6.45, 7) is 5.99. The summed E-state index contributed by atoms with van der Waals surface area (Å²) in [7, 11) is 0. The number of hydrogen-bond donors (Lipinski definition) is 1. The topological polar surface area (TPSA) is 37.3 Å². The molecule has 1 N–H and O–H groups in total. The Morgan fingerprint density at radius 1 is 1.00 bits per heavy atom. The number of hydrogen-bond acceptors (Lipinski definition) is 1. The van der Waals surface area contributed by atoms with Gasteiger partial charge in [-0.25, -0.2) is 0 Å². The van der Waals surface area contributed by atoms with Gasteiger partial charge in [0, 0.05) is 0 Å². The van der Waals surface area contributed by atoms with Crippen molar-refractivity contribution in [1.29, 1.82) is 0 Å². The average molecular weight is 254 g/mol. The van der Waals surface area contributed by atoms with Crippen molar-refractivity contribution in [1.82, 2.24) is 0 Å². The summed E-state index contributed by atoms with van der Waals surface area (Å²) in [6.07, 6.45) is 0. The maximum atomic E-state index is 11.7. The third kappa shape index (κ3) is 2.68. The van der Waals surface area contributed by atoms with Crippen LogP contribution in [-0.4, -0.2) is 11.1 Å². The molecular formula is C17H18O2. The average Bonchev–Trinajstić information content (AvgIpc) is 2.34. The monoisotopic (exact) mass is 254 g/mol. The highest BCUT2D eigenvalue weighted by Gasteiger charge is 2.25. The quantitative estimate of drug-likeness (QED) is 0.903. The second-order valence-electron chi connectivity index (χ2n) is 4.99. The van der Waals surface area contributed by atoms with Crippen LogP contribution in [0.1, 0.15) is 33.7 Å². The molecule has 0 aliphatic carbocycles. The largest absolute Gasteiger partial charge is 0.481 e. The second-order valence-corrected chi connectivity index (χ2v) is 4.99. The first-order chi connectivity index (χ1) is 9.00. The minimum Gasteiger partial charge on any atom is -0.481 e. The van der Waals surface area contributed by atoms with Crippen LogP contribution in [0.5, 0.6) is 0 Å². The Morgan fingerprint density at radius 2 is 1.53 bits per heavy atom. The molecule has 0 fully saturated rings. The second kappa shape index (κ2) is 5.27. The first kappa shape index (κ1) is 13.3. The Labute approximate surface area is 113 Å². The fourth-order valence-corrected chi connectivity index (χ4v) is 2.72. The lowest BCUT2D eigenvalue weighted by atomic mass is 9.85. The number of carboxylic acid groups (broad SMARTS) is 1. The van der Waals surface area contributed by atoms with Crippen molar-refractivity contribution in [3.05, 3.63) is 70.3 Å². The van der Waals surface area contributed by atoms with Gasteiger partial charge in [0.15, 0.2) is 0 Å². The van der Waals surface area contributed by atoms with Gasteiger partial charge in [0.2, 0.25) is 0 Å². The Hall–Kier alpha value is -2.09. The fourth-order valence-electron chi connectivity index (χ4n) is 2.72. The Morgan fingerprint density at radius 3 is 2.00 bits per heavy atom. The van der Waals surface area contributed by atoms with Crippen LogP contribution in [0.4, 0.5) is 0 Å². The Bertz CT molecular complexity index is 577. The molecule has 2 aromatic carbocycles. The molecule has 0 aromatic heterocycles. The summed E-state index contributed by atoms with van der Waals surface area (Å²) in [5.41, 5.74) is 4.97. The maximum absolute atomic E-state index is 11.7. The van der Waals surface area contributed by atoms with Crippen molar-refractivity contribution in [2.45, 2.75) is 26.7 Å². The molecule has 2 nitrogen and oxygen atoms in total. The van der Waals surface area contributed by atoms with Crippen LogP contribution >= 0.6 is 0 Å². The van der Waals surface area contributed by atoms with Crippen molar-refractivity contribution in [3.8, 4) is 0 Å². The molecule has 19 heavy (non-hydrogen) atoms. The predicted octanol–water partition coefficient (Wildman–Crippen LogP) is 3.83. The molecule has 0 saturated heterocycles. The molecule has 0 spiro atoms. The van der Waals surface area contributed by atoms with Gasteiger partial charge in [0.05, 0.1) is 0 Å². The first-order valence-corrected chi connectivity index (χ1v) is 6.36. The molecule has 0 unspecified atom stereocenters. The number of carbonyl (C=O) groups is 1. The van der Waals surface area contributed by atoms with Crippen molar-refractivity contribution in [2.75, 3.05) is 0 Å². The van der Waals surface area contributed by atoms with Gasteiger partial charge in [0.1, 0.15) is 5.92 Å².